The summed E-state index contributed by atoms with van der Waals surface area (Å²) in [5.74, 6) is -0.556. The first kappa shape index (κ1) is 15.6. The van der Waals surface area contributed by atoms with Crippen LogP contribution in [-0.2, 0) is 9.53 Å². The van der Waals surface area contributed by atoms with E-state index in [9.17, 15) is 19.7 Å². The maximum atomic E-state index is 11.9. The highest BCUT2D eigenvalue weighted by Crippen LogP contribution is 2.28. The first-order chi connectivity index (χ1) is 9.49. The number of ketones is 1. The predicted octanol–water partition coefficient (Wildman–Crippen LogP) is 2.13. The van der Waals surface area contributed by atoms with E-state index in [0.717, 1.165) is 0 Å². The Labute approximate surface area is 115 Å². The summed E-state index contributed by atoms with van der Waals surface area (Å²) in [5.41, 5.74) is -0.0336. The van der Waals surface area contributed by atoms with Crippen LogP contribution in [0.3, 0.4) is 0 Å². The molecule has 1 aromatic rings. The van der Waals surface area contributed by atoms with Gasteiger partial charge in [0, 0.05) is 24.5 Å². The standard InChI is InChI=1S/C13H15NO6/c1-19-12-7-6-9(8-10(12)14(17)18)11(15)4-3-5-13(16)20-2/h6-8H,3-5H2,1-2H3. The van der Waals surface area contributed by atoms with Crippen molar-refractivity contribution in [3.05, 3.63) is 33.9 Å². The third-order valence-electron chi connectivity index (χ3n) is 2.71. The van der Waals surface area contributed by atoms with Gasteiger partial charge in [0.2, 0.25) is 0 Å². The molecule has 0 unspecified atom stereocenters. The van der Waals surface area contributed by atoms with E-state index in [4.69, 9.17) is 4.74 Å². The van der Waals surface area contributed by atoms with Crippen molar-refractivity contribution in [1.29, 1.82) is 0 Å². The topological polar surface area (TPSA) is 95.7 Å². The van der Waals surface area contributed by atoms with Crippen molar-refractivity contribution >= 4 is 17.4 Å². The van der Waals surface area contributed by atoms with Crippen LogP contribution in [0, 0.1) is 10.1 Å². The predicted molar refractivity (Wildman–Crippen MR) is 69.8 cm³/mol. The Morgan fingerprint density at radius 1 is 1.25 bits per heavy atom. The Balaban J connectivity index is 2.76. The number of benzene rings is 1. The van der Waals surface area contributed by atoms with Gasteiger partial charge in [0.25, 0.3) is 0 Å². The normalized spacial score (nSPS) is 9.90. The van der Waals surface area contributed by atoms with Crippen molar-refractivity contribution in [1.82, 2.24) is 0 Å². The van der Waals surface area contributed by atoms with Crippen LogP contribution in [0.2, 0.25) is 0 Å². The average molecular weight is 281 g/mol. The van der Waals surface area contributed by atoms with Gasteiger partial charge in [-0.15, -0.1) is 0 Å². The summed E-state index contributed by atoms with van der Waals surface area (Å²) in [7, 11) is 2.59. The van der Waals surface area contributed by atoms with Crippen molar-refractivity contribution in [3.63, 3.8) is 0 Å². The highest BCUT2D eigenvalue weighted by atomic mass is 16.6. The quantitative estimate of drug-likeness (QED) is 0.329. The van der Waals surface area contributed by atoms with Gasteiger partial charge in [-0.1, -0.05) is 0 Å². The maximum Gasteiger partial charge on any atom is 0.311 e. The number of hydrogen-bond acceptors (Lipinski definition) is 6. The minimum Gasteiger partial charge on any atom is -0.490 e. The zero-order chi connectivity index (χ0) is 15.1. The number of nitro benzene ring substituents is 1. The molecule has 0 heterocycles. The number of rotatable bonds is 7. The van der Waals surface area contributed by atoms with E-state index in [1.54, 1.807) is 0 Å². The highest BCUT2D eigenvalue weighted by Gasteiger charge is 2.18. The largest absolute Gasteiger partial charge is 0.490 e. The number of carbonyl (C=O) groups is 2. The third kappa shape index (κ3) is 4.04. The second-order valence-corrected chi connectivity index (χ2v) is 4.00. The van der Waals surface area contributed by atoms with Gasteiger partial charge in [0.1, 0.15) is 0 Å². The van der Waals surface area contributed by atoms with Gasteiger partial charge in [0.15, 0.2) is 11.5 Å². The Kier molecular flexibility index (Phi) is 5.64. The lowest BCUT2D eigenvalue weighted by atomic mass is 10.0. The summed E-state index contributed by atoms with van der Waals surface area (Å²) in [6.45, 7) is 0. The number of hydrogen-bond donors (Lipinski definition) is 0. The zero-order valence-electron chi connectivity index (χ0n) is 11.3. The fraction of sp³-hybridized carbons (Fsp3) is 0.385. The first-order valence-corrected chi connectivity index (χ1v) is 5.92. The fourth-order valence-corrected chi connectivity index (χ4v) is 1.65. The number of carbonyl (C=O) groups excluding carboxylic acids is 2. The molecule has 0 amide bonds. The molecule has 0 radical (unpaired) electrons. The van der Waals surface area contributed by atoms with E-state index in [1.165, 1.54) is 32.4 Å². The second-order valence-electron chi connectivity index (χ2n) is 4.00. The molecule has 0 spiro atoms. The summed E-state index contributed by atoms with van der Waals surface area (Å²) >= 11 is 0. The molecule has 0 aromatic heterocycles. The molecule has 7 heteroatoms. The third-order valence-corrected chi connectivity index (χ3v) is 2.71. The highest BCUT2D eigenvalue weighted by molar-refractivity contribution is 5.97. The fourth-order valence-electron chi connectivity index (χ4n) is 1.65. The number of methoxy groups -OCH3 is 2. The molecule has 1 aromatic carbocycles. The van der Waals surface area contributed by atoms with Gasteiger partial charge < -0.3 is 9.47 Å². The minimum absolute atomic E-state index is 0.0983. The van der Waals surface area contributed by atoms with Crippen LogP contribution in [0.15, 0.2) is 18.2 Å². The molecule has 0 atom stereocenters. The van der Waals surface area contributed by atoms with Crippen molar-refractivity contribution in [2.24, 2.45) is 0 Å². The molecule has 1 rings (SSSR count). The Morgan fingerprint density at radius 3 is 2.50 bits per heavy atom. The van der Waals surface area contributed by atoms with Crippen LogP contribution < -0.4 is 4.74 Å². The van der Waals surface area contributed by atoms with Gasteiger partial charge in [-0.2, -0.15) is 0 Å². The Morgan fingerprint density at radius 2 is 1.95 bits per heavy atom. The second kappa shape index (κ2) is 7.22. The molecule has 0 aliphatic rings. The summed E-state index contributed by atoms with van der Waals surface area (Å²) in [6.07, 6.45) is 0.602. The zero-order valence-corrected chi connectivity index (χ0v) is 11.3. The molecular formula is C13H15NO6. The average Bonchev–Trinajstić information content (AvgIpc) is 2.45. The van der Waals surface area contributed by atoms with E-state index < -0.39 is 10.9 Å². The van der Waals surface area contributed by atoms with Crippen LogP contribution in [0.5, 0.6) is 5.75 Å². The van der Waals surface area contributed by atoms with Crippen molar-refractivity contribution in [3.8, 4) is 5.75 Å². The van der Waals surface area contributed by atoms with Crippen molar-refractivity contribution < 1.29 is 24.0 Å². The molecule has 0 saturated heterocycles. The van der Waals surface area contributed by atoms with Crippen LogP contribution in [0.1, 0.15) is 29.6 Å². The summed E-state index contributed by atoms with van der Waals surface area (Å²) in [5, 5.41) is 10.9. The smallest absolute Gasteiger partial charge is 0.311 e. The molecular weight excluding hydrogens is 266 g/mol. The van der Waals surface area contributed by atoms with Gasteiger partial charge >= 0.3 is 11.7 Å². The van der Waals surface area contributed by atoms with Gasteiger partial charge in [-0.05, 0) is 18.6 Å². The van der Waals surface area contributed by atoms with E-state index in [0.29, 0.717) is 6.42 Å². The Bertz CT molecular complexity index is 526. The maximum absolute atomic E-state index is 11.9. The summed E-state index contributed by atoms with van der Waals surface area (Å²) in [4.78, 5) is 33.0. The molecule has 7 nitrogen and oxygen atoms in total. The molecule has 0 N–H and O–H groups in total. The van der Waals surface area contributed by atoms with E-state index in [-0.39, 0.29) is 35.6 Å². The van der Waals surface area contributed by atoms with E-state index in [1.807, 2.05) is 0 Å². The molecule has 0 fully saturated rings. The molecule has 20 heavy (non-hydrogen) atoms. The van der Waals surface area contributed by atoms with Crippen LogP contribution in [-0.4, -0.2) is 30.9 Å². The summed E-state index contributed by atoms with van der Waals surface area (Å²) in [6, 6.07) is 4.03. The van der Waals surface area contributed by atoms with Crippen LogP contribution in [0.25, 0.3) is 0 Å². The lowest BCUT2D eigenvalue weighted by Gasteiger charge is -2.04. The van der Waals surface area contributed by atoms with E-state index >= 15 is 0 Å². The summed E-state index contributed by atoms with van der Waals surface area (Å²) < 4.78 is 9.32. The van der Waals surface area contributed by atoms with E-state index in [2.05, 4.69) is 4.74 Å². The number of nitro groups is 1. The molecule has 0 bridgehead atoms. The first-order valence-electron chi connectivity index (χ1n) is 5.92. The number of nitrogens with zero attached hydrogens (tertiary/aromatic N) is 1. The van der Waals surface area contributed by atoms with Crippen molar-refractivity contribution in [2.45, 2.75) is 19.3 Å². The SMILES string of the molecule is COC(=O)CCCC(=O)c1ccc(OC)c([N+](=O)[O-])c1. The molecule has 108 valence electrons. The monoisotopic (exact) mass is 281 g/mol. The van der Waals surface area contributed by atoms with Gasteiger partial charge in [0.05, 0.1) is 19.1 Å². The Hall–Kier alpha value is -2.44. The minimum atomic E-state index is -0.607. The molecule has 0 aliphatic carbocycles. The molecule has 0 saturated carbocycles. The molecule has 0 aliphatic heterocycles. The van der Waals surface area contributed by atoms with Gasteiger partial charge in [-0.3, -0.25) is 19.7 Å². The number of esters is 1. The van der Waals surface area contributed by atoms with Gasteiger partial charge in [-0.25, -0.2) is 0 Å². The van der Waals surface area contributed by atoms with Crippen LogP contribution in [0.4, 0.5) is 5.69 Å². The number of ether oxygens (including phenoxy) is 2. The number of Topliss-reactive ketones (excluding diaryl/α,β-unsaturated/α-hetero) is 1. The lowest BCUT2D eigenvalue weighted by molar-refractivity contribution is -0.385. The van der Waals surface area contributed by atoms with Crippen LogP contribution >= 0.6 is 0 Å². The lowest BCUT2D eigenvalue weighted by Crippen LogP contribution is -2.04. The van der Waals surface area contributed by atoms with Crippen molar-refractivity contribution in [2.75, 3.05) is 14.2 Å².